The van der Waals surface area contributed by atoms with Crippen LogP contribution < -0.4 is 0 Å². The second-order valence-electron chi connectivity index (χ2n) is 31.8. The normalized spacial score (nSPS) is 42.0. The summed E-state index contributed by atoms with van der Waals surface area (Å²) in [5.41, 5.74) is 1.53. The summed E-state index contributed by atoms with van der Waals surface area (Å²) in [5.74, 6) is -5.59. The molecular weight excluding hydrogens is 1420 g/mol. The van der Waals surface area contributed by atoms with Gasteiger partial charge in [0, 0.05) is 91.8 Å². The van der Waals surface area contributed by atoms with E-state index in [4.69, 9.17) is 104 Å². The number of fused-ring (bicyclic) bond motifs is 1. The van der Waals surface area contributed by atoms with Gasteiger partial charge in [0.1, 0.15) is 62.0 Å². The van der Waals surface area contributed by atoms with Crippen LogP contribution in [-0.2, 0) is 125 Å². The van der Waals surface area contributed by atoms with Crippen molar-refractivity contribution in [2.24, 2.45) is 71.0 Å². The molecule has 10 rings (SSSR count). The molecule has 0 radical (unpaired) electrons. The van der Waals surface area contributed by atoms with Crippen LogP contribution in [-0.4, -0.2) is 258 Å². The lowest BCUT2D eigenvalue weighted by Crippen LogP contribution is -2.64. The largest absolute Gasteiger partial charge is 0.463 e. The predicted octanol–water partition coefficient (Wildman–Crippen LogP) is 8.61. The number of amides is 2. The Bertz CT molecular complexity index is 3200. The van der Waals surface area contributed by atoms with Crippen LogP contribution in [0.4, 0.5) is 0 Å². The van der Waals surface area contributed by atoms with Crippen LogP contribution in [0.25, 0.3) is 0 Å². The molecule has 2 aromatic carbocycles. The molecule has 0 aliphatic carbocycles. The van der Waals surface area contributed by atoms with Gasteiger partial charge in [-0.05, 0) is 60.1 Å². The quantitative estimate of drug-likeness (QED) is 0.0387. The lowest BCUT2D eigenvalue weighted by Gasteiger charge is -2.52. The third-order valence-corrected chi connectivity index (χ3v) is 24.8. The number of hydrogen-bond acceptors (Lipinski definition) is 27. The molecule has 14 unspecified atom stereocenters. The maximum absolute atomic E-state index is 14.4. The van der Waals surface area contributed by atoms with E-state index < -0.39 is 177 Å². The fourth-order valence-electron chi connectivity index (χ4n) is 17.2. The van der Waals surface area contributed by atoms with Crippen LogP contribution in [0.5, 0.6) is 0 Å². The first-order valence-corrected chi connectivity index (χ1v) is 39.1. The first-order valence-electron chi connectivity index (χ1n) is 39.1. The topological polar surface area (TPSA) is 292 Å². The highest BCUT2D eigenvalue weighted by atomic mass is 16.8. The number of esters is 3. The maximum atomic E-state index is 14.4. The zero-order chi connectivity index (χ0) is 79.0. The maximum Gasteiger partial charge on any atom is 0.303 e. The lowest BCUT2D eigenvalue weighted by atomic mass is 9.79. The van der Waals surface area contributed by atoms with Crippen molar-refractivity contribution in [2.75, 3.05) is 81.7 Å². The molecule has 2 amide bonds. The fourth-order valence-corrected chi connectivity index (χ4v) is 17.2. The summed E-state index contributed by atoms with van der Waals surface area (Å²) >= 11 is 0. The number of imide groups is 1. The number of ether oxygens (including phenoxy) is 22. The molecular formula is C81H123NO27. The number of rotatable bonds is 31. The summed E-state index contributed by atoms with van der Waals surface area (Å²) in [4.78, 5) is 67.7. The van der Waals surface area contributed by atoms with Crippen molar-refractivity contribution in [1.82, 2.24) is 4.90 Å². The summed E-state index contributed by atoms with van der Waals surface area (Å²) in [7, 11) is 8.05. The molecule has 2 aromatic rings. The standard InChI is InChI=1S/C81H123NO27/c1-39-41(3)59(37-94-52(14)83)99-76(45(39)7)106-70-50(12)73(97-54(16)85)81(103-64(70)38-95-53(15)84)107-65-43(5)46(8)77(98-58(65)31-82-74(86)56-29-25-26-30-57(56)75(82)87)104-68-48(10)72(92-21)80(102-61(68)34-89-18)109-67-44(6)47(9)78(100-60(67)33-88-17)105-69-49(11)71(91-20)79(101-62(69)35-90-19)108-66-42(4)40(2)51(13)96-63(66)36-93-32-55-27-23-22-24-28-55/h22-30,39-51,58-73,76-81H,31-38H2,1-21H3/t39?,40?,41-,42+,43+,44?,45?,46?,47?,48-,49?,50?,51-,58?,59+,60+,61?,62+,63?,64+,65+,66+,67-,68+,69-,70-,71?,72?,73?,76+,77-,78+,79+,80-,81+/m0/s1. The van der Waals surface area contributed by atoms with Crippen LogP contribution in [0.3, 0.4) is 0 Å². The summed E-state index contributed by atoms with van der Waals surface area (Å²) in [6, 6.07) is 16.6. The molecule has 7 saturated heterocycles. The molecule has 0 N–H and O–H groups in total. The molecule has 0 aromatic heterocycles. The number of methoxy groups -OCH3 is 5. The minimum atomic E-state index is -1.36. The van der Waals surface area contributed by atoms with Crippen molar-refractivity contribution >= 4 is 29.7 Å². The van der Waals surface area contributed by atoms with Gasteiger partial charge in [0.05, 0.1) is 99.5 Å². The Morgan fingerprint density at radius 3 is 1.13 bits per heavy atom. The molecule has 8 aliphatic rings. The van der Waals surface area contributed by atoms with Crippen molar-refractivity contribution < 1.29 is 128 Å². The monoisotopic (exact) mass is 1540 g/mol. The molecule has 109 heavy (non-hydrogen) atoms. The highest BCUT2D eigenvalue weighted by Crippen LogP contribution is 2.47. The number of carbonyl (C=O) groups excluding carboxylic acids is 5. The predicted molar refractivity (Wildman–Crippen MR) is 389 cm³/mol. The number of benzene rings is 2. The highest BCUT2D eigenvalue weighted by molar-refractivity contribution is 6.21. The molecule has 0 spiro atoms. The molecule has 35 atom stereocenters. The minimum Gasteiger partial charge on any atom is -0.463 e. The van der Waals surface area contributed by atoms with Gasteiger partial charge in [0.25, 0.3) is 11.8 Å². The third kappa shape index (κ3) is 19.8. The summed E-state index contributed by atoms with van der Waals surface area (Å²) < 4.78 is 144. The highest BCUT2D eigenvalue weighted by Gasteiger charge is 2.58. The number of hydrogen-bond donors (Lipinski definition) is 0. The van der Waals surface area contributed by atoms with Gasteiger partial charge in [-0.1, -0.05) is 126 Å². The van der Waals surface area contributed by atoms with E-state index in [9.17, 15) is 24.0 Å². The minimum absolute atomic E-state index is 0.00537. The molecule has 28 nitrogen and oxygen atoms in total. The fraction of sp³-hybridized carbons (Fsp3) is 0.790. The molecule has 0 bridgehead atoms. The van der Waals surface area contributed by atoms with E-state index in [1.165, 1.54) is 20.8 Å². The van der Waals surface area contributed by atoms with E-state index in [0.717, 1.165) is 10.5 Å². The zero-order valence-electron chi connectivity index (χ0n) is 67.5. The second-order valence-corrected chi connectivity index (χ2v) is 31.8. The van der Waals surface area contributed by atoms with Gasteiger partial charge in [0.15, 0.2) is 43.8 Å². The third-order valence-electron chi connectivity index (χ3n) is 24.8. The van der Waals surface area contributed by atoms with Gasteiger partial charge in [-0.3, -0.25) is 28.9 Å². The van der Waals surface area contributed by atoms with Crippen molar-refractivity contribution in [3.63, 3.8) is 0 Å². The Kier molecular flexibility index (Phi) is 31.0. The summed E-state index contributed by atoms with van der Waals surface area (Å²) in [5, 5.41) is 0. The molecule has 0 saturated carbocycles. The van der Waals surface area contributed by atoms with Crippen LogP contribution in [0, 0.1) is 71.0 Å². The van der Waals surface area contributed by atoms with Crippen LogP contribution >= 0.6 is 0 Å². The Balaban J connectivity index is 0.854. The van der Waals surface area contributed by atoms with Gasteiger partial charge < -0.3 is 104 Å². The van der Waals surface area contributed by atoms with Crippen LogP contribution in [0.1, 0.15) is 137 Å². The van der Waals surface area contributed by atoms with Gasteiger partial charge in [-0.2, -0.15) is 0 Å². The average Bonchev–Trinajstić information content (AvgIpc) is 1.61. The van der Waals surface area contributed by atoms with E-state index in [-0.39, 0.29) is 116 Å². The van der Waals surface area contributed by atoms with E-state index in [1.54, 1.807) is 59.8 Å². The van der Waals surface area contributed by atoms with Gasteiger partial charge in [0.2, 0.25) is 0 Å². The van der Waals surface area contributed by atoms with Gasteiger partial charge >= 0.3 is 17.9 Å². The SMILES string of the molecule is COCC1O[C@@H](O[C@H]2C(C)C(C)[C@@H](O[C@H]3C(C)C(OC)[C@@H](O[C@H]4C(COCc5ccccc5)O[C@@H](C)C(C)[C@H]4C)O[C@@H]3COC)O[C@@H]2COC)C(OC)[C@@H](C)[C@H]1O[C@@H]1OC(CN2C(=O)c3ccccc3C2=O)[C@H](O[C@H]2O[C@H](COC(C)=O)[C@@H](O[C@H]3O[C@H](COC(C)=O)[C@@H](C)C(C)C3C)C(C)C2OC(C)=O)[C@H](C)C1C. The van der Waals surface area contributed by atoms with E-state index >= 15 is 0 Å². The Morgan fingerprint density at radius 2 is 0.688 bits per heavy atom. The molecule has 7 fully saturated rings. The Hall–Kier alpha value is -4.77. The van der Waals surface area contributed by atoms with E-state index in [1.807, 2.05) is 71.9 Å². The van der Waals surface area contributed by atoms with Crippen LogP contribution in [0.2, 0.25) is 0 Å². The molecule has 28 heteroatoms. The zero-order valence-corrected chi connectivity index (χ0v) is 67.5. The number of carbonyl (C=O) groups is 5. The van der Waals surface area contributed by atoms with Crippen molar-refractivity contribution in [1.29, 1.82) is 0 Å². The first-order chi connectivity index (χ1) is 52.0. The summed E-state index contributed by atoms with van der Waals surface area (Å²) in [6.07, 6.45) is -17.7. The van der Waals surface area contributed by atoms with E-state index in [2.05, 4.69) is 48.5 Å². The van der Waals surface area contributed by atoms with E-state index in [0.29, 0.717) is 13.2 Å². The second kappa shape index (κ2) is 39.0. The Labute approximate surface area is 643 Å². The molecule has 8 heterocycles. The van der Waals surface area contributed by atoms with Gasteiger partial charge in [-0.25, -0.2) is 0 Å². The number of nitrogens with zero attached hydrogens (tertiary/aromatic N) is 1. The van der Waals surface area contributed by atoms with Gasteiger partial charge in [-0.15, -0.1) is 0 Å². The molecule has 614 valence electrons. The lowest BCUT2D eigenvalue weighted by molar-refractivity contribution is -0.381. The Morgan fingerprint density at radius 1 is 0.339 bits per heavy atom. The smallest absolute Gasteiger partial charge is 0.303 e. The first kappa shape index (κ1) is 86.6. The summed E-state index contributed by atoms with van der Waals surface area (Å²) in [6.45, 7) is 30.9. The average molecular weight is 1540 g/mol. The van der Waals surface area contributed by atoms with Crippen molar-refractivity contribution in [3.8, 4) is 0 Å². The van der Waals surface area contributed by atoms with Crippen LogP contribution in [0.15, 0.2) is 54.6 Å². The van der Waals surface area contributed by atoms with Crippen molar-refractivity contribution in [2.45, 2.75) is 259 Å². The van der Waals surface area contributed by atoms with Crippen molar-refractivity contribution in [3.05, 3.63) is 71.3 Å². The molecule has 8 aliphatic heterocycles.